The van der Waals surface area contributed by atoms with Crippen LogP contribution >= 0.6 is 17.0 Å². The maximum absolute atomic E-state index is 13.7. The fourth-order valence-electron chi connectivity index (χ4n) is 4.83. The Kier molecular flexibility index (Phi) is 11.3. The molecule has 41 heavy (non-hydrogen) atoms. The second-order valence-electron chi connectivity index (χ2n) is 10.6. The van der Waals surface area contributed by atoms with Crippen molar-refractivity contribution in [2.75, 3.05) is 44.8 Å². The van der Waals surface area contributed by atoms with E-state index in [1.54, 1.807) is 29.2 Å². The van der Waals surface area contributed by atoms with Gasteiger partial charge in [0.2, 0.25) is 0 Å². The molecule has 0 aromatic heterocycles. The van der Waals surface area contributed by atoms with Gasteiger partial charge in [0, 0.05) is 43.4 Å². The molecule has 1 aliphatic rings. The third-order valence-corrected chi connectivity index (χ3v) is 6.89. The van der Waals surface area contributed by atoms with E-state index in [4.69, 9.17) is 14.9 Å². The smallest absolute Gasteiger partial charge is 0.341 e. The molecule has 2 aromatic rings. The SMILES string of the molecule is Br.CCOc1cc2c(cc1C(=O)NC)C(=N)N(CC(=O)c1cc(N(CC)CC)c(OCC(=O)O)c(C(C)(C)C)c1)C2. The first-order valence-corrected chi connectivity index (χ1v) is 13.5. The highest BCUT2D eigenvalue weighted by Crippen LogP contribution is 2.41. The first-order valence-electron chi connectivity index (χ1n) is 13.5. The van der Waals surface area contributed by atoms with Crippen LogP contribution in [0, 0.1) is 5.41 Å². The van der Waals surface area contributed by atoms with Gasteiger partial charge in [-0.2, -0.15) is 0 Å². The van der Waals surface area contributed by atoms with Gasteiger partial charge in [0.15, 0.2) is 12.4 Å². The Hall–Kier alpha value is -3.60. The number of hydrogen-bond acceptors (Lipinski definition) is 7. The van der Waals surface area contributed by atoms with Crippen LogP contribution in [0.3, 0.4) is 0 Å². The molecule has 3 N–H and O–H groups in total. The van der Waals surface area contributed by atoms with Crippen LogP contribution < -0.4 is 19.7 Å². The summed E-state index contributed by atoms with van der Waals surface area (Å²) in [6.07, 6.45) is 0. The molecule has 224 valence electrons. The van der Waals surface area contributed by atoms with Crippen molar-refractivity contribution in [1.82, 2.24) is 10.2 Å². The van der Waals surface area contributed by atoms with Crippen molar-refractivity contribution in [1.29, 1.82) is 5.41 Å². The molecule has 0 saturated carbocycles. The number of carbonyl (C=O) groups excluding carboxylic acids is 2. The number of rotatable bonds is 12. The number of carboxylic acid groups (broad SMARTS) is 1. The van der Waals surface area contributed by atoms with E-state index in [0.29, 0.717) is 60.1 Å². The van der Waals surface area contributed by atoms with Crippen molar-refractivity contribution < 1.29 is 29.0 Å². The van der Waals surface area contributed by atoms with E-state index in [1.807, 2.05) is 46.4 Å². The minimum absolute atomic E-state index is 0. The largest absolute Gasteiger partial charge is 0.493 e. The Balaban J connectivity index is 0.00000588. The van der Waals surface area contributed by atoms with Crippen molar-refractivity contribution in [2.24, 2.45) is 0 Å². The first kappa shape index (κ1) is 33.6. The summed E-state index contributed by atoms with van der Waals surface area (Å²) < 4.78 is 11.5. The Bertz CT molecular complexity index is 1320. The fourth-order valence-corrected chi connectivity index (χ4v) is 4.83. The zero-order valence-electron chi connectivity index (χ0n) is 24.8. The Morgan fingerprint density at radius 1 is 1.07 bits per heavy atom. The Morgan fingerprint density at radius 3 is 2.27 bits per heavy atom. The predicted octanol–water partition coefficient (Wildman–Crippen LogP) is 4.65. The first-order chi connectivity index (χ1) is 18.9. The molecule has 1 heterocycles. The number of nitrogens with one attached hydrogen (secondary N) is 2. The molecule has 0 radical (unpaired) electrons. The Labute approximate surface area is 252 Å². The molecule has 0 unspecified atom stereocenters. The lowest BCUT2D eigenvalue weighted by molar-refractivity contribution is -0.139. The van der Waals surface area contributed by atoms with Crippen molar-refractivity contribution in [2.45, 2.75) is 53.5 Å². The lowest BCUT2D eigenvalue weighted by Gasteiger charge is -2.30. The molecule has 1 amide bonds. The molecule has 0 aliphatic carbocycles. The summed E-state index contributed by atoms with van der Waals surface area (Å²) in [5, 5.41) is 20.7. The minimum atomic E-state index is -1.08. The van der Waals surface area contributed by atoms with Crippen LogP contribution in [-0.2, 0) is 16.8 Å². The van der Waals surface area contributed by atoms with E-state index in [-0.39, 0.29) is 41.1 Å². The van der Waals surface area contributed by atoms with Gasteiger partial charge in [0.1, 0.15) is 17.3 Å². The van der Waals surface area contributed by atoms with Gasteiger partial charge in [-0.3, -0.25) is 15.0 Å². The number of benzene rings is 2. The number of ether oxygens (including phenoxy) is 2. The van der Waals surface area contributed by atoms with Crippen molar-refractivity contribution >= 4 is 46.2 Å². The van der Waals surface area contributed by atoms with Crippen molar-refractivity contribution in [3.05, 3.63) is 52.1 Å². The average molecular weight is 634 g/mol. The summed E-state index contributed by atoms with van der Waals surface area (Å²) in [6.45, 7) is 13.3. The number of amides is 1. The van der Waals surface area contributed by atoms with Crippen molar-refractivity contribution in [3.8, 4) is 11.5 Å². The van der Waals surface area contributed by atoms with Gasteiger partial charge in [-0.15, -0.1) is 17.0 Å². The van der Waals surface area contributed by atoms with Crippen LogP contribution in [0.4, 0.5) is 5.69 Å². The van der Waals surface area contributed by atoms with Crippen LogP contribution in [-0.4, -0.2) is 73.4 Å². The molecule has 0 fully saturated rings. The summed E-state index contributed by atoms with van der Waals surface area (Å²) in [7, 11) is 1.54. The van der Waals surface area contributed by atoms with Gasteiger partial charge < -0.3 is 29.7 Å². The normalized spacial score (nSPS) is 12.4. The number of anilines is 1. The number of fused-ring (bicyclic) bond motifs is 1. The molecule has 0 saturated heterocycles. The quantitative estimate of drug-likeness (QED) is 0.288. The van der Waals surface area contributed by atoms with E-state index >= 15 is 0 Å². The molecular weight excluding hydrogens is 592 g/mol. The van der Waals surface area contributed by atoms with Gasteiger partial charge in [0.05, 0.1) is 24.4 Å². The van der Waals surface area contributed by atoms with Crippen molar-refractivity contribution in [3.63, 3.8) is 0 Å². The van der Waals surface area contributed by atoms with Crippen LogP contribution in [0.5, 0.6) is 11.5 Å². The lowest BCUT2D eigenvalue weighted by atomic mass is 9.84. The molecule has 0 bridgehead atoms. The number of aliphatic carboxylic acids is 1. The maximum atomic E-state index is 13.7. The number of hydrogen-bond donors (Lipinski definition) is 3. The second kappa shape index (κ2) is 13.8. The third kappa shape index (κ3) is 7.38. The maximum Gasteiger partial charge on any atom is 0.341 e. The lowest BCUT2D eigenvalue weighted by Crippen LogP contribution is -2.31. The van der Waals surface area contributed by atoms with E-state index in [1.165, 1.54) is 7.05 Å². The average Bonchev–Trinajstić information content (AvgIpc) is 3.20. The topological polar surface area (TPSA) is 132 Å². The number of amidine groups is 1. The van der Waals surface area contributed by atoms with Gasteiger partial charge in [0.25, 0.3) is 5.91 Å². The second-order valence-corrected chi connectivity index (χ2v) is 10.6. The number of Topliss-reactive ketones (excluding diaryl/α,β-unsaturated/α-hetero) is 1. The number of carboxylic acids is 1. The molecule has 2 aromatic carbocycles. The number of ketones is 1. The highest BCUT2D eigenvalue weighted by Gasteiger charge is 2.31. The summed E-state index contributed by atoms with van der Waals surface area (Å²) in [5.41, 5.74) is 3.17. The number of nitrogens with zero attached hydrogens (tertiary/aromatic N) is 2. The summed E-state index contributed by atoms with van der Waals surface area (Å²) >= 11 is 0. The van der Waals surface area contributed by atoms with Gasteiger partial charge in [-0.25, -0.2) is 4.79 Å². The van der Waals surface area contributed by atoms with Crippen LogP contribution in [0.25, 0.3) is 0 Å². The van der Waals surface area contributed by atoms with E-state index in [0.717, 1.165) is 11.1 Å². The van der Waals surface area contributed by atoms with Crippen LogP contribution in [0.2, 0.25) is 0 Å². The molecule has 1 aliphatic heterocycles. The number of carbonyl (C=O) groups is 3. The highest BCUT2D eigenvalue weighted by molar-refractivity contribution is 8.93. The highest BCUT2D eigenvalue weighted by atomic mass is 79.9. The van der Waals surface area contributed by atoms with Gasteiger partial charge in [-0.05, 0) is 56.0 Å². The molecule has 0 spiro atoms. The van der Waals surface area contributed by atoms with Gasteiger partial charge in [-0.1, -0.05) is 20.8 Å². The van der Waals surface area contributed by atoms with E-state index in [9.17, 15) is 19.5 Å². The van der Waals surface area contributed by atoms with Crippen LogP contribution in [0.15, 0.2) is 24.3 Å². The summed E-state index contributed by atoms with van der Waals surface area (Å²) in [5.74, 6) is -0.503. The molecule has 0 atom stereocenters. The predicted molar refractivity (Wildman–Crippen MR) is 165 cm³/mol. The molecular formula is C30H41BrN4O6. The monoisotopic (exact) mass is 632 g/mol. The van der Waals surface area contributed by atoms with Gasteiger partial charge >= 0.3 is 5.97 Å². The molecule has 11 heteroatoms. The standard InChI is InChI=1S/C30H40N4O6.BrH/c1-8-33(9-2)23-12-18(11-22(30(4,5)6)27(23)40-17-26(36)37)24(35)16-34-15-19-13-25(39-10-3)21(29(38)32-7)14-20(19)28(34)31;/h11-14,31H,8-10,15-17H2,1-7H3,(H,32,38)(H,36,37);1H. The van der Waals surface area contributed by atoms with E-state index in [2.05, 4.69) is 5.32 Å². The summed E-state index contributed by atoms with van der Waals surface area (Å²) in [6, 6.07) is 6.95. The zero-order chi connectivity index (χ0) is 29.8. The van der Waals surface area contributed by atoms with E-state index < -0.39 is 18.0 Å². The fraction of sp³-hybridized carbons (Fsp3) is 0.467. The number of halogens is 1. The molecule has 10 nitrogen and oxygen atoms in total. The zero-order valence-corrected chi connectivity index (χ0v) is 26.6. The molecule has 3 rings (SSSR count). The third-order valence-electron chi connectivity index (χ3n) is 6.89. The Morgan fingerprint density at radius 2 is 1.73 bits per heavy atom. The minimum Gasteiger partial charge on any atom is -0.493 e. The van der Waals surface area contributed by atoms with Crippen LogP contribution in [0.1, 0.15) is 78.9 Å². The summed E-state index contributed by atoms with van der Waals surface area (Å²) in [4.78, 5) is 41.2.